The van der Waals surface area contributed by atoms with E-state index in [0.717, 1.165) is 35.1 Å². The van der Waals surface area contributed by atoms with Gasteiger partial charge in [-0.05, 0) is 52.2 Å². The van der Waals surface area contributed by atoms with Crippen LogP contribution in [0.5, 0.6) is 0 Å². The summed E-state index contributed by atoms with van der Waals surface area (Å²) in [5, 5.41) is 5.70. The highest BCUT2D eigenvalue weighted by molar-refractivity contribution is 6.00. The molecule has 4 heteroatoms. The van der Waals surface area contributed by atoms with Gasteiger partial charge in [-0.25, -0.2) is 0 Å². The van der Waals surface area contributed by atoms with E-state index in [1.54, 1.807) is 6.20 Å². The van der Waals surface area contributed by atoms with Crippen LogP contribution in [0.3, 0.4) is 0 Å². The molecule has 0 fully saturated rings. The number of rotatable bonds is 5. The highest BCUT2D eigenvalue weighted by atomic mass is 15.1. The van der Waals surface area contributed by atoms with Gasteiger partial charge in [0.25, 0.3) is 0 Å². The van der Waals surface area contributed by atoms with Crippen molar-refractivity contribution in [2.75, 3.05) is 31.7 Å². The first-order chi connectivity index (χ1) is 9.08. The van der Waals surface area contributed by atoms with E-state index in [4.69, 9.17) is 5.73 Å². The average Bonchev–Trinajstić information content (AvgIpc) is 2.40. The third-order valence-electron chi connectivity index (χ3n) is 3.26. The number of nitrogens with two attached hydrogens (primary N) is 1. The highest BCUT2D eigenvalue weighted by Gasteiger charge is 2.07. The second kappa shape index (κ2) is 5.89. The topological polar surface area (TPSA) is 54.2 Å². The maximum Gasteiger partial charge on any atom is 0.0424 e. The Balaban J connectivity index is 2.19. The number of fused-ring (bicyclic) bond motifs is 1. The first-order valence-electron chi connectivity index (χ1n) is 6.61. The minimum absolute atomic E-state index is 0.419. The Bertz CT molecular complexity index is 551. The van der Waals surface area contributed by atoms with Crippen LogP contribution < -0.4 is 11.1 Å². The van der Waals surface area contributed by atoms with Crippen LogP contribution in [0, 0.1) is 0 Å². The normalized spacial score (nSPS) is 12.8. The standard InChI is InChI=1S/C15H22N4/c1-11(7-9-19(2)3)18-15-5-4-14(16)13-10-17-8-6-12(13)15/h4-6,8,10-11,18H,7,9,16H2,1-3H3. The van der Waals surface area contributed by atoms with Gasteiger partial charge in [-0.3, -0.25) is 4.98 Å². The maximum atomic E-state index is 5.98. The van der Waals surface area contributed by atoms with Gasteiger partial charge >= 0.3 is 0 Å². The molecular formula is C15H22N4. The van der Waals surface area contributed by atoms with Crippen molar-refractivity contribution in [1.29, 1.82) is 0 Å². The molecule has 2 rings (SSSR count). The van der Waals surface area contributed by atoms with Crippen LogP contribution in [-0.4, -0.2) is 36.6 Å². The first-order valence-corrected chi connectivity index (χ1v) is 6.61. The van der Waals surface area contributed by atoms with E-state index in [-0.39, 0.29) is 0 Å². The summed E-state index contributed by atoms with van der Waals surface area (Å²) in [6.07, 6.45) is 4.72. The summed E-state index contributed by atoms with van der Waals surface area (Å²) < 4.78 is 0. The Morgan fingerprint density at radius 1 is 1.26 bits per heavy atom. The molecule has 0 spiro atoms. The van der Waals surface area contributed by atoms with Crippen LogP contribution in [0.4, 0.5) is 11.4 Å². The molecule has 0 radical (unpaired) electrons. The minimum Gasteiger partial charge on any atom is -0.398 e. The number of pyridine rings is 1. The number of hydrogen-bond donors (Lipinski definition) is 2. The van der Waals surface area contributed by atoms with Crippen molar-refractivity contribution < 1.29 is 0 Å². The molecule has 0 saturated carbocycles. The molecule has 0 amide bonds. The number of aromatic nitrogens is 1. The van der Waals surface area contributed by atoms with Crippen LogP contribution >= 0.6 is 0 Å². The Morgan fingerprint density at radius 2 is 2.05 bits per heavy atom. The zero-order chi connectivity index (χ0) is 13.8. The summed E-state index contributed by atoms with van der Waals surface area (Å²) >= 11 is 0. The molecule has 102 valence electrons. The lowest BCUT2D eigenvalue weighted by Crippen LogP contribution is -2.23. The Morgan fingerprint density at radius 3 is 2.79 bits per heavy atom. The molecule has 0 bridgehead atoms. The molecule has 1 atom stereocenters. The molecule has 0 aliphatic rings. The molecule has 3 N–H and O–H groups in total. The lowest BCUT2D eigenvalue weighted by atomic mass is 10.1. The molecule has 1 heterocycles. The lowest BCUT2D eigenvalue weighted by Gasteiger charge is -2.19. The van der Waals surface area contributed by atoms with Crippen LogP contribution in [0.15, 0.2) is 30.6 Å². The van der Waals surface area contributed by atoms with E-state index in [2.05, 4.69) is 36.2 Å². The summed E-state index contributed by atoms with van der Waals surface area (Å²) in [4.78, 5) is 6.34. The largest absolute Gasteiger partial charge is 0.398 e. The summed E-state index contributed by atoms with van der Waals surface area (Å²) in [6.45, 7) is 3.27. The molecule has 2 aromatic rings. The molecule has 0 aliphatic carbocycles. The summed E-state index contributed by atoms with van der Waals surface area (Å²) in [6, 6.07) is 6.41. The predicted octanol–water partition coefficient (Wildman–Crippen LogP) is 2.57. The van der Waals surface area contributed by atoms with Crippen molar-refractivity contribution >= 4 is 22.1 Å². The average molecular weight is 258 g/mol. The van der Waals surface area contributed by atoms with Gasteiger partial charge in [0.05, 0.1) is 0 Å². The summed E-state index contributed by atoms with van der Waals surface area (Å²) in [7, 11) is 4.19. The molecule has 1 aromatic carbocycles. The van der Waals surface area contributed by atoms with Crippen molar-refractivity contribution in [3.63, 3.8) is 0 Å². The van der Waals surface area contributed by atoms with Gasteiger partial charge in [-0.1, -0.05) is 0 Å². The Kier molecular flexibility index (Phi) is 4.22. The van der Waals surface area contributed by atoms with Gasteiger partial charge in [-0.15, -0.1) is 0 Å². The van der Waals surface area contributed by atoms with E-state index in [1.165, 1.54) is 0 Å². The number of anilines is 2. The van der Waals surface area contributed by atoms with E-state index in [0.29, 0.717) is 6.04 Å². The Labute approximate surface area is 114 Å². The maximum absolute atomic E-state index is 5.98. The lowest BCUT2D eigenvalue weighted by molar-refractivity contribution is 0.390. The van der Waals surface area contributed by atoms with Crippen LogP contribution in [0.25, 0.3) is 10.8 Å². The smallest absolute Gasteiger partial charge is 0.0424 e. The number of hydrogen-bond acceptors (Lipinski definition) is 4. The second-order valence-electron chi connectivity index (χ2n) is 5.26. The fourth-order valence-corrected chi connectivity index (χ4v) is 2.13. The van der Waals surface area contributed by atoms with E-state index < -0.39 is 0 Å². The van der Waals surface area contributed by atoms with Gasteiger partial charge in [0.1, 0.15) is 0 Å². The van der Waals surface area contributed by atoms with Gasteiger partial charge in [-0.2, -0.15) is 0 Å². The van der Waals surface area contributed by atoms with Gasteiger partial charge in [0.2, 0.25) is 0 Å². The third-order valence-corrected chi connectivity index (χ3v) is 3.26. The quantitative estimate of drug-likeness (QED) is 0.809. The van der Waals surface area contributed by atoms with E-state index >= 15 is 0 Å². The monoisotopic (exact) mass is 258 g/mol. The van der Waals surface area contributed by atoms with Gasteiger partial charge < -0.3 is 16.0 Å². The molecule has 0 aliphatic heterocycles. The third kappa shape index (κ3) is 3.35. The molecule has 1 aromatic heterocycles. The van der Waals surface area contributed by atoms with Crippen LogP contribution in [0.1, 0.15) is 13.3 Å². The minimum atomic E-state index is 0.419. The second-order valence-corrected chi connectivity index (χ2v) is 5.26. The number of nitrogens with zero attached hydrogens (tertiary/aromatic N) is 2. The molecule has 0 saturated heterocycles. The van der Waals surface area contributed by atoms with E-state index in [1.807, 2.05) is 24.4 Å². The number of nitrogens with one attached hydrogen (secondary N) is 1. The number of benzene rings is 1. The summed E-state index contributed by atoms with van der Waals surface area (Å²) in [5.74, 6) is 0. The fourth-order valence-electron chi connectivity index (χ4n) is 2.13. The SMILES string of the molecule is CC(CCN(C)C)Nc1ccc(N)c2cnccc12. The zero-order valence-corrected chi connectivity index (χ0v) is 11.9. The zero-order valence-electron chi connectivity index (χ0n) is 11.9. The molecule has 4 nitrogen and oxygen atoms in total. The molecule has 1 unspecified atom stereocenters. The van der Waals surface area contributed by atoms with Gasteiger partial charge in [0.15, 0.2) is 0 Å². The Hall–Kier alpha value is -1.81. The first kappa shape index (κ1) is 13.6. The van der Waals surface area contributed by atoms with Gasteiger partial charge in [0, 0.05) is 40.6 Å². The summed E-state index contributed by atoms with van der Waals surface area (Å²) in [5.41, 5.74) is 7.88. The van der Waals surface area contributed by atoms with Crippen molar-refractivity contribution in [1.82, 2.24) is 9.88 Å². The van der Waals surface area contributed by atoms with Crippen LogP contribution in [0.2, 0.25) is 0 Å². The molecular weight excluding hydrogens is 236 g/mol. The molecule has 19 heavy (non-hydrogen) atoms. The van der Waals surface area contributed by atoms with Crippen molar-refractivity contribution in [3.05, 3.63) is 30.6 Å². The number of nitrogen functional groups attached to an aromatic ring is 1. The van der Waals surface area contributed by atoms with Crippen LogP contribution in [-0.2, 0) is 0 Å². The fraction of sp³-hybridized carbons (Fsp3) is 0.400. The van der Waals surface area contributed by atoms with E-state index in [9.17, 15) is 0 Å². The van der Waals surface area contributed by atoms with Crippen molar-refractivity contribution in [2.24, 2.45) is 0 Å². The van der Waals surface area contributed by atoms with Crippen molar-refractivity contribution in [3.8, 4) is 0 Å². The van der Waals surface area contributed by atoms with Crippen molar-refractivity contribution in [2.45, 2.75) is 19.4 Å². The predicted molar refractivity (Wildman–Crippen MR) is 82.4 cm³/mol. The highest BCUT2D eigenvalue weighted by Crippen LogP contribution is 2.28.